The molecule has 8 heteroatoms. The molecule has 2 aliphatic heterocycles. The van der Waals surface area contributed by atoms with Gasteiger partial charge in [0.25, 0.3) is 0 Å². The highest BCUT2D eigenvalue weighted by atomic mass is 79.9. The average molecular weight is 496 g/mol. The normalized spacial score (nSPS) is 19.2. The van der Waals surface area contributed by atoms with Crippen LogP contribution in [0.5, 0.6) is 0 Å². The zero-order valence-corrected chi connectivity index (χ0v) is 19.2. The molecule has 0 bridgehead atoms. The molecule has 4 nitrogen and oxygen atoms in total. The van der Waals surface area contributed by atoms with Gasteiger partial charge in [0, 0.05) is 28.1 Å². The molecule has 1 unspecified atom stereocenters. The van der Waals surface area contributed by atoms with Crippen LogP contribution in [0.15, 0.2) is 51.8 Å². The Hall–Kier alpha value is -1.19. The molecule has 1 saturated heterocycles. The van der Waals surface area contributed by atoms with E-state index in [9.17, 15) is 4.39 Å². The number of thiocarbonyl (C=S) groups is 1. The molecule has 2 aromatic rings. The van der Waals surface area contributed by atoms with Gasteiger partial charge in [-0.15, -0.1) is 0 Å². The second-order valence-electron chi connectivity index (χ2n) is 7.07. The predicted octanol–water partition coefficient (Wildman–Crippen LogP) is 5.34. The molecule has 1 fully saturated rings. The third-order valence-corrected chi connectivity index (χ3v) is 7.16. The fraction of sp³-hybridized carbons (Fsp3) is 0.381. The highest BCUT2D eigenvalue weighted by Crippen LogP contribution is 2.46. The number of ether oxygens (including phenoxy) is 1. The summed E-state index contributed by atoms with van der Waals surface area (Å²) >= 11 is 10.9. The maximum absolute atomic E-state index is 14.7. The highest BCUT2D eigenvalue weighted by Gasteiger charge is 2.35. The van der Waals surface area contributed by atoms with Crippen LogP contribution in [0.1, 0.15) is 12.8 Å². The van der Waals surface area contributed by atoms with Crippen molar-refractivity contribution in [2.45, 2.75) is 23.1 Å². The first kappa shape index (κ1) is 21.1. The highest BCUT2D eigenvalue weighted by molar-refractivity contribution is 9.10. The van der Waals surface area contributed by atoms with Gasteiger partial charge in [0.05, 0.1) is 24.3 Å². The van der Waals surface area contributed by atoms with Gasteiger partial charge in [0.2, 0.25) is 0 Å². The molecule has 1 atom stereocenters. The molecule has 0 radical (unpaired) electrons. The standard InChI is InChI=1S/C21H23BrFN3OS2/c22-15-4-1-5-16(14-15)24-21(28)26-19(8-3-9-25-10-12-27-13-11-25)29-18-7-2-6-17(23)20(18)26/h1-2,4-7,14,19H,3,8-13H2,(H,24,28). The summed E-state index contributed by atoms with van der Waals surface area (Å²) < 4.78 is 21.1. The largest absolute Gasteiger partial charge is 0.379 e. The van der Waals surface area contributed by atoms with E-state index in [1.807, 2.05) is 35.2 Å². The maximum atomic E-state index is 14.7. The third-order valence-electron chi connectivity index (χ3n) is 5.07. The van der Waals surface area contributed by atoms with Gasteiger partial charge >= 0.3 is 0 Å². The van der Waals surface area contributed by atoms with E-state index >= 15 is 0 Å². The van der Waals surface area contributed by atoms with Crippen molar-refractivity contribution in [1.29, 1.82) is 0 Å². The Labute approximate surface area is 188 Å². The number of nitrogens with one attached hydrogen (secondary N) is 1. The van der Waals surface area contributed by atoms with Crippen LogP contribution < -0.4 is 10.2 Å². The molecule has 0 saturated carbocycles. The van der Waals surface area contributed by atoms with Gasteiger partial charge in [0.1, 0.15) is 5.82 Å². The monoisotopic (exact) mass is 495 g/mol. The van der Waals surface area contributed by atoms with Gasteiger partial charge in [-0.1, -0.05) is 39.8 Å². The molecular weight excluding hydrogens is 473 g/mol. The van der Waals surface area contributed by atoms with E-state index in [0.717, 1.165) is 60.7 Å². The maximum Gasteiger partial charge on any atom is 0.179 e. The van der Waals surface area contributed by atoms with Gasteiger partial charge in [0.15, 0.2) is 5.11 Å². The van der Waals surface area contributed by atoms with Crippen molar-refractivity contribution in [2.24, 2.45) is 0 Å². The van der Waals surface area contributed by atoms with E-state index in [1.54, 1.807) is 17.8 Å². The Bertz CT molecular complexity index is 879. The van der Waals surface area contributed by atoms with Gasteiger partial charge in [-0.25, -0.2) is 4.39 Å². The van der Waals surface area contributed by atoms with E-state index in [-0.39, 0.29) is 11.2 Å². The summed E-state index contributed by atoms with van der Waals surface area (Å²) in [5.41, 5.74) is 1.47. The van der Waals surface area contributed by atoms with Crippen molar-refractivity contribution in [1.82, 2.24) is 4.90 Å². The number of hydrogen-bond acceptors (Lipinski definition) is 4. The number of fused-ring (bicyclic) bond motifs is 1. The van der Waals surface area contributed by atoms with Crippen LogP contribution in [0, 0.1) is 5.82 Å². The van der Waals surface area contributed by atoms with Crippen LogP contribution in [0.25, 0.3) is 0 Å². The van der Waals surface area contributed by atoms with Crippen molar-refractivity contribution in [3.63, 3.8) is 0 Å². The van der Waals surface area contributed by atoms with E-state index in [2.05, 4.69) is 26.1 Å². The van der Waals surface area contributed by atoms with Crippen molar-refractivity contribution in [3.8, 4) is 0 Å². The van der Waals surface area contributed by atoms with Gasteiger partial charge in [-0.2, -0.15) is 0 Å². The first-order valence-electron chi connectivity index (χ1n) is 9.73. The Morgan fingerprint density at radius 2 is 2.03 bits per heavy atom. The second-order valence-corrected chi connectivity index (χ2v) is 9.59. The van der Waals surface area contributed by atoms with Crippen molar-refractivity contribution in [3.05, 3.63) is 52.8 Å². The number of benzene rings is 2. The smallest absolute Gasteiger partial charge is 0.179 e. The zero-order chi connectivity index (χ0) is 20.2. The van der Waals surface area contributed by atoms with E-state index in [1.165, 1.54) is 6.07 Å². The molecule has 2 heterocycles. The average Bonchev–Trinajstić information content (AvgIpc) is 3.09. The number of hydrogen-bond donors (Lipinski definition) is 1. The van der Waals surface area contributed by atoms with Gasteiger partial charge in [-0.3, -0.25) is 4.90 Å². The van der Waals surface area contributed by atoms with Crippen LogP contribution in [0.4, 0.5) is 15.8 Å². The van der Waals surface area contributed by atoms with Crippen LogP contribution in [0.3, 0.4) is 0 Å². The quantitative estimate of drug-likeness (QED) is 0.563. The Morgan fingerprint density at radius 1 is 1.24 bits per heavy atom. The lowest BCUT2D eigenvalue weighted by molar-refractivity contribution is 0.0372. The van der Waals surface area contributed by atoms with Crippen molar-refractivity contribution < 1.29 is 9.13 Å². The molecule has 0 amide bonds. The minimum Gasteiger partial charge on any atom is -0.379 e. The number of rotatable bonds is 5. The number of anilines is 2. The van der Waals surface area contributed by atoms with Gasteiger partial charge < -0.3 is 15.0 Å². The number of morpholine rings is 1. The van der Waals surface area contributed by atoms with E-state index < -0.39 is 0 Å². The minimum atomic E-state index is -0.232. The van der Waals surface area contributed by atoms with Gasteiger partial charge in [-0.05, 0) is 61.9 Å². The molecule has 0 aromatic heterocycles. The summed E-state index contributed by atoms with van der Waals surface area (Å²) in [6.45, 7) is 4.61. The first-order valence-corrected chi connectivity index (χ1v) is 11.8. The third kappa shape index (κ3) is 5.11. The lowest BCUT2D eigenvalue weighted by Gasteiger charge is -2.30. The molecule has 154 valence electrons. The molecule has 0 spiro atoms. The fourth-order valence-electron chi connectivity index (χ4n) is 3.65. The number of nitrogens with zero attached hydrogens (tertiary/aromatic N) is 2. The Balaban J connectivity index is 1.48. The summed E-state index contributed by atoms with van der Waals surface area (Å²) in [6.07, 6.45) is 1.96. The van der Waals surface area contributed by atoms with E-state index in [0.29, 0.717) is 10.8 Å². The molecule has 1 N–H and O–H groups in total. The lowest BCUT2D eigenvalue weighted by Crippen LogP contribution is -2.40. The second kappa shape index (κ2) is 9.75. The van der Waals surface area contributed by atoms with Crippen LogP contribution in [-0.2, 0) is 4.74 Å². The molecule has 4 rings (SSSR count). The molecule has 2 aliphatic rings. The number of thioether (sulfide) groups is 1. The molecule has 2 aromatic carbocycles. The summed E-state index contributed by atoms with van der Waals surface area (Å²) in [4.78, 5) is 5.32. The first-order chi connectivity index (χ1) is 14.1. The van der Waals surface area contributed by atoms with Crippen LogP contribution in [0.2, 0.25) is 0 Å². The van der Waals surface area contributed by atoms with Crippen molar-refractivity contribution in [2.75, 3.05) is 43.1 Å². The zero-order valence-electron chi connectivity index (χ0n) is 15.9. The SMILES string of the molecule is Fc1cccc2c1N(C(=S)Nc1cccc(Br)c1)C(CCCN1CCOCC1)S2. The lowest BCUT2D eigenvalue weighted by atomic mass is 10.2. The van der Waals surface area contributed by atoms with Crippen LogP contribution >= 0.6 is 39.9 Å². The molecule has 0 aliphatic carbocycles. The molecular formula is C21H23BrFN3OS2. The summed E-state index contributed by atoms with van der Waals surface area (Å²) in [5, 5.41) is 3.89. The Kier molecular flexibility index (Phi) is 7.08. The molecule has 29 heavy (non-hydrogen) atoms. The van der Waals surface area contributed by atoms with Crippen LogP contribution in [-0.4, -0.2) is 48.2 Å². The summed E-state index contributed by atoms with van der Waals surface area (Å²) in [7, 11) is 0. The number of halogens is 2. The van der Waals surface area contributed by atoms with Crippen molar-refractivity contribution >= 4 is 56.4 Å². The minimum absolute atomic E-state index is 0.0788. The summed E-state index contributed by atoms with van der Waals surface area (Å²) in [5.74, 6) is -0.232. The van der Waals surface area contributed by atoms with E-state index in [4.69, 9.17) is 17.0 Å². The topological polar surface area (TPSA) is 27.7 Å². The summed E-state index contributed by atoms with van der Waals surface area (Å²) in [6, 6.07) is 13.1. The Morgan fingerprint density at radius 3 is 2.83 bits per heavy atom. The fourth-order valence-corrected chi connectivity index (χ4v) is 5.81. The predicted molar refractivity (Wildman–Crippen MR) is 125 cm³/mol. The number of para-hydroxylation sites is 1.